The van der Waals surface area contributed by atoms with E-state index in [0.717, 1.165) is 33.0 Å². The molecular formula is C38H34N2O2. The summed E-state index contributed by atoms with van der Waals surface area (Å²) in [6.07, 6.45) is 3.84. The first kappa shape index (κ1) is 27.4. The zero-order valence-electron chi connectivity index (χ0n) is 24.1. The van der Waals surface area contributed by atoms with Crippen LogP contribution in [0.25, 0.3) is 10.8 Å². The maximum absolute atomic E-state index is 12.5. The highest BCUT2D eigenvalue weighted by atomic mass is 16.3. The third-order valence-electron chi connectivity index (χ3n) is 8.46. The minimum atomic E-state index is -1.35. The first-order valence-corrected chi connectivity index (χ1v) is 14.3. The van der Waals surface area contributed by atoms with Crippen LogP contribution in [-0.2, 0) is 11.1 Å². The van der Waals surface area contributed by atoms with Crippen molar-refractivity contribution in [2.45, 2.75) is 31.9 Å². The zero-order chi connectivity index (χ0) is 29.3. The van der Waals surface area contributed by atoms with E-state index in [0.29, 0.717) is 11.3 Å². The molecule has 0 saturated carbocycles. The number of ketones is 1. The highest BCUT2D eigenvalue weighted by Crippen LogP contribution is 2.43. The Labute approximate surface area is 246 Å². The van der Waals surface area contributed by atoms with Crippen molar-refractivity contribution >= 4 is 16.6 Å². The third kappa shape index (κ3) is 4.45. The normalized spacial score (nSPS) is 13.3. The number of hydrogen-bond acceptors (Lipinski definition) is 3. The molecule has 0 aliphatic rings. The molecule has 0 saturated heterocycles. The van der Waals surface area contributed by atoms with Crippen molar-refractivity contribution in [1.29, 1.82) is 0 Å². The lowest BCUT2D eigenvalue weighted by Gasteiger charge is -2.37. The van der Waals surface area contributed by atoms with E-state index in [1.165, 1.54) is 0 Å². The van der Waals surface area contributed by atoms with Gasteiger partial charge in [-0.15, -0.1) is 0 Å². The van der Waals surface area contributed by atoms with Crippen LogP contribution in [0.4, 0.5) is 0 Å². The molecule has 1 aromatic heterocycles. The summed E-state index contributed by atoms with van der Waals surface area (Å²) in [6, 6.07) is 42.9. The Bertz CT molecular complexity index is 1750. The average molecular weight is 551 g/mol. The van der Waals surface area contributed by atoms with Crippen LogP contribution in [0.5, 0.6) is 0 Å². The van der Waals surface area contributed by atoms with E-state index in [1.807, 2.05) is 81.0 Å². The predicted octanol–water partition coefficient (Wildman–Crippen LogP) is 7.97. The number of imidazole rings is 1. The van der Waals surface area contributed by atoms with Gasteiger partial charge in [-0.1, -0.05) is 129 Å². The van der Waals surface area contributed by atoms with Gasteiger partial charge in [0.1, 0.15) is 11.1 Å². The standard InChI is InChI=1S/C38H34N2O2/c1-27(2)38(42,35-22-21-30-23-29(28(3)41)19-20-31(30)24-35)36-25-40(26-39-36)37(32-13-7-4-8-14-32,33-15-9-5-10-16-33)34-17-11-6-12-18-34/h4-27,42H,1-3H3. The second kappa shape index (κ2) is 10.9. The summed E-state index contributed by atoms with van der Waals surface area (Å²) in [5.41, 5.74) is 3.20. The van der Waals surface area contributed by atoms with E-state index in [1.54, 1.807) is 6.92 Å². The summed E-state index contributed by atoms with van der Waals surface area (Å²) in [5, 5.41) is 14.4. The summed E-state index contributed by atoms with van der Waals surface area (Å²) < 4.78 is 2.13. The molecule has 0 aliphatic heterocycles. The molecule has 1 atom stereocenters. The monoisotopic (exact) mass is 550 g/mol. The number of rotatable bonds is 8. The van der Waals surface area contributed by atoms with Crippen LogP contribution in [0, 0.1) is 5.92 Å². The van der Waals surface area contributed by atoms with Crippen LogP contribution in [0.15, 0.2) is 140 Å². The Hall–Kier alpha value is -4.80. The molecule has 208 valence electrons. The van der Waals surface area contributed by atoms with Crippen LogP contribution in [0.2, 0.25) is 0 Å². The Morgan fingerprint density at radius 2 is 1.19 bits per heavy atom. The molecular weight excluding hydrogens is 516 g/mol. The molecule has 6 rings (SSSR count). The number of fused-ring (bicyclic) bond motifs is 1. The summed E-state index contributed by atoms with van der Waals surface area (Å²) >= 11 is 0. The van der Waals surface area contributed by atoms with E-state index in [-0.39, 0.29) is 11.7 Å². The van der Waals surface area contributed by atoms with E-state index in [2.05, 4.69) is 77.4 Å². The average Bonchev–Trinajstić information content (AvgIpc) is 3.53. The molecule has 0 aliphatic carbocycles. The lowest BCUT2D eigenvalue weighted by molar-refractivity contribution is 0.0279. The summed E-state index contributed by atoms with van der Waals surface area (Å²) in [5.74, 6) is -0.140. The molecule has 1 N–H and O–H groups in total. The van der Waals surface area contributed by atoms with Crippen molar-refractivity contribution in [1.82, 2.24) is 9.55 Å². The summed E-state index contributed by atoms with van der Waals surface area (Å²) in [7, 11) is 0. The van der Waals surface area contributed by atoms with Gasteiger partial charge in [-0.3, -0.25) is 4.79 Å². The zero-order valence-corrected chi connectivity index (χ0v) is 24.1. The second-order valence-corrected chi connectivity index (χ2v) is 11.2. The number of Topliss-reactive ketones (excluding diaryl/α,β-unsaturated/α-hetero) is 1. The lowest BCUT2D eigenvalue weighted by atomic mass is 9.76. The maximum atomic E-state index is 12.5. The van der Waals surface area contributed by atoms with Crippen molar-refractivity contribution in [2.75, 3.05) is 0 Å². The Morgan fingerprint density at radius 1 is 0.690 bits per heavy atom. The van der Waals surface area contributed by atoms with Crippen LogP contribution >= 0.6 is 0 Å². The smallest absolute Gasteiger partial charge is 0.159 e. The van der Waals surface area contributed by atoms with Gasteiger partial charge in [0, 0.05) is 11.8 Å². The van der Waals surface area contributed by atoms with Gasteiger partial charge in [0.05, 0.1) is 12.0 Å². The Morgan fingerprint density at radius 3 is 1.69 bits per heavy atom. The predicted molar refractivity (Wildman–Crippen MR) is 169 cm³/mol. The minimum Gasteiger partial charge on any atom is -0.378 e. The van der Waals surface area contributed by atoms with Crippen molar-refractivity contribution in [3.05, 3.63) is 173 Å². The van der Waals surface area contributed by atoms with Crippen molar-refractivity contribution in [3.63, 3.8) is 0 Å². The third-order valence-corrected chi connectivity index (χ3v) is 8.46. The first-order valence-electron chi connectivity index (χ1n) is 14.3. The van der Waals surface area contributed by atoms with Crippen molar-refractivity contribution in [3.8, 4) is 0 Å². The molecule has 6 aromatic rings. The molecule has 4 heteroatoms. The van der Waals surface area contributed by atoms with Gasteiger partial charge in [0.15, 0.2) is 5.78 Å². The van der Waals surface area contributed by atoms with Gasteiger partial charge in [0.2, 0.25) is 0 Å². The molecule has 0 amide bonds. The maximum Gasteiger partial charge on any atom is 0.159 e. The number of aromatic nitrogens is 2. The number of hydrogen-bond donors (Lipinski definition) is 1. The topological polar surface area (TPSA) is 55.1 Å². The molecule has 5 aromatic carbocycles. The fraction of sp³-hybridized carbons (Fsp3) is 0.158. The van der Waals surface area contributed by atoms with Crippen LogP contribution in [-0.4, -0.2) is 20.4 Å². The Balaban J connectivity index is 1.57. The van der Waals surface area contributed by atoms with Crippen molar-refractivity contribution in [2.24, 2.45) is 5.92 Å². The number of carbonyl (C=O) groups excluding carboxylic acids is 1. The van der Waals surface area contributed by atoms with Gasteiger partial charge in [0.25, 0.3) is 0 Å². The number of carbonyl (C=O) groups is 1. The van der Waals surface area contributed by atoms with E-state index < -0.39 is 11.1 Å². The van der Waals surface area contributed by atoms with E-state index in [9.17, 15) is 9.90 Å². The second-order valence-electron chi connectivity index (χ2n) is 11.2. The SMILES string of the molecule is CC(=O)c1ccc2cc(C(O)(c3cn(C(c4ccccc4)(c4ccccc4)c4ccccc4)cn3)C(C)C)ccc2c1. The molecule has 0 radical (unpaired) electrons. The Kier molecular flexibility index (Phi) is 7.09. The first-order chi connectivity index (χ1) is 20.3. The summed E-state index contributed by atoms with van der Waals surface area (Å²) in [6.45, 7) is 5.60. The van der Waals surface area contributed by atoms with Crippen LogP contribution in [0.3, 0.4) is 0 Å². The number of benzene rings is 5. The van der Waals surface area contributed by atoms with Gasteiger partial charge >= 0.3 is 0 Å². The van der Waals surface area contributed by atoms with Crippen LogP contribution in [0.1, 0.15) is 59.1 Å². The van der Waals surface area contributed by atoms with Gasteiger partial charge < -0.3 is 9.67 Å². The van der Waals surface area contributed by atoms with E-state index >= 15 is 0 Å². The fourth-order valence-electron chi connectivity index (χ4n) is 6.17. The van der Waals surface area contributed by atoms with Gasteiger partial charge in [-0.2, -0.15) is 0 Å². The number of nitrogens with zero attached hydrogens (tertiary/aromatic N) is 2. The molecule has 1 heterocycles. The highest BCUT2D eigenvalue weighted by Gasteiger charge is 2.42. The molecule has 0 spiro atoms. The van der Waals surface area contributed by atoms with Crippen molar-refractivity contribution < 1.29 is 9.90 Å². The van der Waals surface area contributed by atoms with Gasteiger partial charge in [-0.25, -0.2) is 4.98 Å². The largest absolute Gasteiger partial charge is 0.378 e. The fourth-order valence-corrected chi connectivity index (χ4v) is 6.17. The van der Waals surface area contributed by atoms with Crippen LogP contribution < -0.4 is 0 Å². The van der Waals surface area contributed by atoms with E-state index in [4.69, 9.17) is 4.98 Å². The molecule has 0 fully saturated rings. The molecule has 4 nitrogen and oxygen atoms in total. The highest BCUT2D eigenvalue weighted by molar-refractivity contribution is 5.98. The summed E-state index contributed by atoms with van der Waals surface area (Å²) in [4.78, 5) is 16.8. The quantitative estimate of drug-likeness (QED) is 0.154. The lowest BCUT2D eigenvalue weighted by Crippen LogP contribution is -2.37. The van der Waals surface area contributed by atoms with Gasteiger partial charge in [-0.05, 0) is 58.0 Å². The minimum absolute atomic E-state index is 0.0314. The molecule has 1 unspecified atom stereocenters. The number of aliphatic hydroxyl groups is 1. The molecule has 42 heavy (non-hydrogen) atoms. The molecule has 0 bridgehead atoms.